The second kappa shape index (κ2) is 6.97. The van der Waals surface area contributed by atoms with Gasteiger partial charge in [-0.05, 0) is 31.2 Å². The zero-order valence-corrected chi connectivity index (χ0v) is 13.1. The van der Waals surface area contributed by atoms with Gasteiger partial charge < -0.3 is 10.6 Å². The number of hydrogen-bond acceptors (Lipinski definition) is 4. The number of aromatic nitrogens is 1. The van der Waals surface area contributed by atoms with Crippen LogP contribution >= 0.6 is 11.8 Å². The highest BCUT2D eigenvalue weighted by Crippen LogP contribution is 2.37. The van der Waals surface area contributed by atoms with Crippen molar-refractivity contribution in [3.05, 3.63) is 23.9 Å². The number of anilines is 1. The van der Waals surface area contributed by atoms with Crippen molar-refractivity contribution >= 4 is 23.5 Å². The van der Waals surface area contributed by atoms with Crippen molar-refractivity contribution < 1.29 is 4.79 Å². The topological polar surface area (TPSA) is 54.0 Å². The third kappa shape index (κ3) is 3.66. The summed E-state index contributed by atoms with van der Waals surface area (Å²) in [5.74, 6) is 0.744. The van der Waals surface area contributed by atoms with Gasteiger partial charge in [-0.2, -0.15) is 11.8 Å². The minimum absolute atomic E-state index is 0.0286. The third-order valence-corrected chi connectivity index (χ3v) is 5.47. The van der Waals surface area contributed by atoms with E-state index >= 15 is 0 Å². The zero-order valence-electron chi connectivity index (χ0n) is 12.2. The molecule has 4 nitrogen and oxygen atoms in total. The molecule has 1 saturated carbocycles. The SMILES string of the molecule is CNc1ccc(C(=O)NCC2(SC)CCCCC2)cn1. The summed E-state index contributed by atoms with van der Waals surface area (Å²) < 4.78 is 0.228. The number of amides is 1. The number of rotatable bonds is 5. The summed E-state index contributed by atoms with van der Waals surface area (Å²) in [6.07, 6.45) is 10.0. The zero-order chi connectivity index (χ0) is 14.4. The molecule has 0 bridgehead atoms. The number of thioether (sulfide) groups is 1. The average molecular weight is 293 g/mol. The summed E-state index contributed by atoms with van der Waals surface area (Å²) in [4.78, 5) is 16.3. The molecule has 2 N–H and O–H groups in total. The van der Waals surface area contributed by atoms with Crippen molar-refractivity contribution in [1.29, 1.82) is 0 Å². The van der Waals surface area contributed by atoms with Crippen molar-refractivity contribution in [2.75, 3.05) is 25.2 Å². The Labute approximate surface area is 125 Å². The third-order valence-electron chi connectivity index (χ3n) is 4.05. The van der Waals surface area contributed by atoms with Crippen LogP contribution in [0.1, 0.15) is 42.5 Å². The first kappa shape index (κ1) is 15.2. The second-order valence-corrected chi connectivity index (χ2v) is 6.59. The standard InChI is InChI=1S/C15H23N3OS/c1-16-13-7-6-12(10-17-13)14(19)18-11-15(20-2)8-4-3-5-9-15/h6-7,10H,3-5,8-9,11H2,1-2H3,(H,16,17)(H,18,19). The first-order chi connectivity index (χ1) is 9.69. The van der Waals surface area contributed by atoms with Crippen molar-refractivity contribution in [1.82, 2.24) is 10.3 Å². The van der Waals surface area contributed by atoms with Crippen molar-refractivity contribution in [3.8, 4) is 0 Å². The average Bonchev–Trinajstić information content (AvgIpc) is 2.53. The molecular formula is C15H23N3OS. The van der Waals surface area contributed by atoms with Crippen LogP contribution in [0, 0.1) is 0 Å². The van der Waals surface area contributed by atoms with E-state index in [0.717, 1.165) is 12.4 Å². The fourth-order valence-electron chi connectivity index (χ4n) is 2.67. The summed E-state index contributed by atoms with van der Waals surface area (Å²) in [5, 5.41) is 6.02. The van der Waals surface area contributed by atoms with Crippen LogP contribution in [0.25, 0.3) is 0 Å². The van der Waals surface area contributed by atoms with Gasteiger partial charge in [-0.15, -0.1) is 0 Å². The van der Waals surface area contributed by atoms with E-state index in [1.165, 1.54) is 32.1 Å². The number of carbonyl (C=O) groups is 1. The largest absolute Gasteiger partial charge is 0.373 e. The van der Waals surface area contributed by atoms with E-state index < -0.39 is 0 Å². The van der Waals surface area contributed by atoms with Gasteiger partial charge in [0.15, 0.2) is 0 Å². The lowest BCUT2D eigenvalue weighted by atomic mass is 9.88. The molecule has 0 spiro atoms. The van der Waals surface area contributed by atoms with E-state index in [-0.39, 0.29) is 10.7 Å². The second-order valence-electron chi connectivity index (χ2n) is 5.31. The van der Waals surface area contributed by atoms with Gasteiger partial charge in [0.05, 0.1) is 5.56 Å². The van der Waals surface area contributed by atoms with Crippen LogP contribution in [0.5, 0.6) is 0 Å². The highest BCUT2D eigenvalue weighted by atomic mass is 32.2. The molecule has 5 heteroatoms. The predicted octanol–water partition coefficient (Wildman–Crippen LogP) is 2.92. The Kier molecular flexibility index (Phi) is 5.29. The van der Waals surface area contributed by atoms with E-state index in [4.69, 9.17) is 0 Å². The molecule has 1 amide bonds. The summed E-state index contributed by atoms with van der Waals surface area (Å²) in [6, 6.07) is 3.63. The smallest absolute Gasteiger partial charge is 0.252 e. The molecule has 0 aromatic carbocycles. The summed E-state index contributed by atoms with van der Waals surface area (Å²) in [7, 11) is 1.81. The first-order valence-corrected chi connectivity index (χ1v) is 8.39. The Morgan fingerprint density at radius 2 is 2.10 bits per heavy atom. The molecule has 0 atom stereocenters. The fraction of sp³-hybridized carbons (Fsp3) is 0.600. The van der Waals surface area contributed by atoms with Crippen LogP contribution in [0.15, 0.2) is 18.3 Å². The van der Waals surface area contributed by atoms with Crippen LogP contribution in [0.3, 0.4) is 0 Å². The van der Waals surface area contributed by atoms with Gasteiger partial charge in [0.25, 0.3) is 5.91 Å². The monoisotopic (exact) mass is 293 g/mol. The maximum Gasteiger partial charge on any atom is 0.252 e. The predicted molar refractivity (Wildman–Crippen MR) is 85.4 cm³/mol. The number of carbonyl (C=O) groups excluding carboxylic acids is 1. The maximum absolute atomic E-state index is 12.2. The molecule has 1 aliphatic carbocycles. The fourth-order valence-corrected chi connectivity index (χ4v) is 3.58. The summed E-state index contributed by atoms with van der Waals surface area (Å²) in [5.41, 5.74) is 0.621. The van der Waals surface area contributed by atoms with Gasteiger partial charge >= 0.3 is 0 Å². The summed E-state index contributed by atoms with van der Waals surface area (Å²) in [6.45, 7) is 0.751. The highest BCUT2D eigenvalue weighted by Gasteiger charge is 2.31. The first-order valence-electron chi connectivity index (χ1n) is 7.16. The molecule has 2 rings (SSSR count). The van der Waals surface area contributed by atoms with E-state index in [0.29, 0.717) is 5.56 Å². The Bertz CT molecular complexity index is 441. The van der Waals surface area contributed by atoms with Crippen LogP contribution in [0.2, 0.25) is 0 Å². The normalized spacial score (nSPS) is 17.5. The molecular weight excluding hydrogens is 270 g/mol. The Morgan fingerprint density at radius 3 is 2.65 bits per heavy atom. The van der Waals surface area contributed by atoms with Crippen molar-refractivity contribution in [2.24, 2.45) is 0 Å². The molecule has 20 heavy (non-hydrogen) atoms. The molecule has 110 valence electrons. The molecule has 1 aromatic rings. The lowest BCUT2D eigenvalue weighted by Gasteiger charge is -2.35. The Hall–Kier alpha value is -1.23. The molecule has 1 aromatic heterocycles. The number of nitrogens with one attached hydrogen (secondary N) is 2. The van der Waals surface area contributed by atoms with E-state index in [1.807, 2.05) is 24.9 Å². The van der Waals surface area contributed by atoms with E-state index in [1.54, 1.807) is 12.3 Å². The number of pyridine rings is 1. The van der Waals surface area contributed by atoms with E-state index in [9.17, 15) is 4.79 Å². The van der Waals surface area contributed by atoms with Crippen molar-refractivity contribution in [2.45, 2.75) is 36.9 Å². The van der Waals surface area contributed by atoms with Gasteiger partial charge in [0, 0.05) is 24.5 Å². The van der Waals surface area contributed by atoms with Crippen LogP contribution in [-0.4, -0.2) is 35.5 Å². The van der Waals surface area contributed by atoms with Gasteiger partial charge in [0.1, 0.15) is 5.82 Å². The molecule has 0 unspecified atom stereocenters. The molecule has 1 aliphatic rings. The molecule has 0 aliphatic heterocycles. The Balaban J connectivity index is 1.93. The highest BCUT2D eigenvalue weighted by molar-refractivity contribution is 8.00. The minimum Gasteiger partial charge on any atom is -0.373 e. The minimum atomic E-state index is -0.0286. The molecule has 1 heterocycles. The van der Waals surface area contributed by atoms with Gasteiger partial charge in [-0.3, -0.25) is 4.79 Å². The molecule has 0 radical (unpaired) electrons. The molecule has 0 saturated heterocycles. The van der Waals surface area contributed by atoms with Crippen LogP contribution in [0.4, 0.5) is 5.82 Å². The maximum atomic E-state index is 12.2. The number of nitrogens with zero attached hydrogens (tertiary/aromatic N) is 1. The van der Waals surface area contributed by atoms with Crippen LogP contribution < -0.4 is 10.6 Å². The lowest BCUT2D eigenvalue weighted by Crippen LogP contribution is -2.41. The quantitative estimate of drug-likeness (QED) is 0.876. The molecule has 1 fully saturated rings. The van der Waals surface area contributed by atoms with Crippen LogP contribution in [-0.2, 0) is 0 Å². The number of hydrogen-bond donors (Lipinski definition) is 2. The van der Waals surface area contributed by atoms with Gasteiger partial charge in [-0.25, -0.2) is 4.98 Å². The van der Waals surface area contributed by atoms with E-state index in [2.05, 4.69) is 21.9 Å². The van der Waals surface area contributed by atoms with Crippen molar-refractivity contribution in [3.63, 3.8) is 0 Å². The summed E-state index contributed by atoms with van der Waals surface area (Å²) >= 11 is 1.90. The Morgan fingerprint density at radius 1 is 1.35 bits per heavy atom. The van der Waals surface area contributed by atoms with Gasteiger partial charge in [-0.1, -0.05) is 19.3 Å². The lowest BCUT2D eigenvalue weighted by molar-refractivity contribution is 0.0946. The van der Waals surface area contributed by atoms with Gasteiger partial charge in [0.2, 0.25) is 0 Å².